The average Bonchev–Trinajstić information content (AvgIpc) is 2.77. The Labute approximate surface area is 129 Å². The van der Waals surface area contributed by atoms with Crippen LogP contribution < -0.4 is 0 Å². The first-order chi connectivity index (χ1) is 9.63. The summed E-state index contributed by atoms with van der Waals surface area (Å²) in [6.45, 7) is 0. The van der Waals surface area contributed by atoms with Crippen LogP contribution in [0.4, 0.5) is 0 Å². The van der Waals surface area contributed by atoms with Crippen LogP contribution >= 0.6 is 21.1 Å². The van der Waals surface area contributed by atoms with Gasteiger partial charge in [0.1, 0.15) is 6.29 Å². The summed E-state index contributed by atoms with van der Waals surface area (Å²) in [5.74, 6) is -0.0338. The fourth-order valence-electron chi connectivity index (χ4n) is 2.88. The van der Waals surface area contributed by atoms with Gasteiger partial charge in [0.25, 0.3) is 0 Å². The highest BCUT2D eigenvalue weighted by Gasteiger charge is 2.42. The molecule has 0 aromatic heterocycles. The Bertz CT molecular complexity index is 319. The molecular formula is C14H26ClO4P. The maximum atomic E-state index is 11.2. The van der Waals surface area contributed by atoms with Crippen LogP contribution in [0.1, 0.15) is 46.4 Å². The minimum atomic E-state index is -0.150. The van der Waals surface area contributed by atoms with E-state index < -0.39 is 0 Å². The summed E-state index contributed by atoms with van der Waals surface area (Å²) in [4.78, 5) is 22.1. The summed E-state index contributed by atoms with van der Waals surface area (Å²) in [7, 11) is 3.64. The predicted molar refractivity (Wildman–Crippen MR) is 83.7 cm³/mol. The maximum absolute atomic E-state index is 11.2. The lowest BCUT2D eigenvalue weighted by Crippen LogP contribution is -2.22. The molecule has 1 saturated carbocycles. The van der Waals surface area contributed by atoms with E-state index in [-0.39, 0.29) is 30.7 Å². The van der Waals surface area contributed by atoms with Crippen molar-refractivity contribution in [1.29, 1.82) is 0 Å². The summed E-state index contributed by atoms with van der Waals surface area (Å²) in [5.41, 5.74) is 0. The Balaban J connectivity index is 0.00000400. The van der Waals surface area contributed by atoms with Crippen LogP contribution in [-0.2, 0) is 18.8 Å². The third-order valence-electron chi connectivity index (χ3n) is 4.07. The van der Waals surface area contributed by atoms with Crippen LogP contribution in [0.5, 0.6) is 0 Å². The van der Waals surface area contributed by atoms with E-state index in [0.29, 0.717) is 6.42 Å². The Morgan fingerprint density at radius 2 is 2.10 bits per heavy atom. The fraction of sp³-hybridized carbons (Fsp3) is 0.857. The van der Waals surface area contributed by atoms with E-state index in [4.69, 9.17) is 16.1 Å². The molecule has 0 heterocycles. The molecule has 4 unspecified atom stereocenters. The standard InChI is InChI=1S/C14H24ClO4P.H2/c1-18-14(17)7-5-3-2-4-6-10-11(9-16)13(19-20)8-12(10)15;/h9-13H,2-8,20H2,1H3;1H/t10-,11?,12?,13?;/m1./s1/i;1+2. The summed E-state index contributed by atoms with van der Waals surface area (Å²) < 4.78 is 9.84. The molecule has 0 aromatic rings. The van der Waals surface area contributed by atoms with Gasteiger partial charge in [-0.2, -0.15) is 0 Å². The van der Waals surface area contributed by atoms with Gasteiger partial charge in [0.2, 0.25) is 0 Å². The number of hydrogen-bond donors (Lipinski definition) is 0. The first-order valence-electron chi connectivity index (χ1n) is 7.15. The number of alkyl halides is 1. The molecule has 0 spiro atoms. The number of methoxy groups -OCH3 is 1. The lowest BCUT2D eigenvalue weighted by Gasteiger charge is -2.19. The van der Waals surface area contributed by atoms with Gasteiger partial charge in [-0.1, -0.05) is 19.3 Å². The number of aldehydes is 1. The number of carbonyl (C=O) groups is 2. The van der Waals surface area contributed by atoms with E-state index in [1.807, 2.05) is 0 Å². The van der Waals surface area contributed by atoms with Gasteiger partial charge in [-0.3, -0.25) is 4.79 Å². The maximum Gasteiger partial charge on any atom is 0.305 e. The Kier molecular flexibility index (Phi) is 8.67. The molecule has 0 radical (unpaired) electrons. The quantitative estimate of drug-likeness (QED) is 0.214. The SMILES string of the molecule is COC(=O)CCCCCC[C@H]1C(Cl)CC(OP)C1C=O.[3HH]. The summed E-state index contributed by atoms with van der Waals surface area (Å²) >= 11 is 6.32. The van der Waals surface area contributed by atoms with Gasteiger partial charge >= 0.3 is 5.97 Å². The molecule has 6 heteroatoms. The number of ether oxygens (including phenoxy) is 1. The summed E-state index contributed by atoms with van der Waals surface area (Å²) in [6.07, 6.45) is 7.03. The number of halogens is 1. The van der Waals surface area contributed by atoms with Crippen molar-refractivity contribution in [1.82, 2.24) is 0 Å². The van der Waals surface area contributed by atoms with Crippen molar-refractivity contribution in [3.63, 3.8) is 0 Å². The first-order valence-corrected chi connectivity index (χ1v) is 8.06. The molecule has 0 amide bonds. The van der Waals surface area contributed by atoms with E-state index in [1.165, 1.54) is 7.11 Å². The van der Waals surface area contributed by atoms with Crippen LogP contribution in [0.2, 0.25) is 0 Å². The minimum Gasteiger partial charge on any atom is -0.469 e. The lowest BCUT2D eigenvalue weighted by atomic mass is 9.90. The molecule has 0 saturated heterocycles. The van der Waals surface area contributed by atoms with E-state index in [0.717, 1.165) is 44.8 Å². The van der Waals surface area contributed by atoms with Crippen LogP contribution in [0.15, 0.2) is 0 Å². The van der Waals surface area contributed by atoms with E-state index in [9.17, 15) is 9.59 Å². The highest BCUT2D eigenvalue weighted by molar-refractivity contribution is 7.09. The van der Waals surface area contributed by atoms with Gasteiger partial charge in [0.05, 0.1) is 13.2 Å². The number of rotatable bonds is 9. The van der Waals surface area contributed by atoms with Gasteiger partial charge < -0.3 is 14.1 Å². The third kappa shape index (κ3) is 5.31. The summed E-state index contributed by atoms with van der Waals surface area (Å²) in [6, 6.07) is 0. The summed E-state index contributed by atoms with van der Waals surface area (Å²) in [5, 5.41) is 0.0193. The van der Waals surface area contributed by atoms with Gasteiger partial charge in [0, 0.05) is 28.6 Å². The molecule has 5 atom stereocenters. The van der Waals surface area contributed by atoms with Crippen molar-refractivity contribution >= 4 is 33.3 Å². The molecule has 1 rings (SSSR count). The minimum absolute atomic E-state index is 0. The molecule has 1 fully saturated rings. The van der Waals surface area contributed by atoms with E-state index in [2.05, 4.69) is 14.2 Å². The van der Waals surface area contributed by atoms with Crippen molar-refractivity contribution in [2.75, 3.05) is 7.11 Å². The molecule has 0 aromatic carbocycles. The second-order valence-corrected chi connectivity index (χ2v) is 6.17. The third-order valence-corrected chi connectivity index (χ3v) is 4.93. The monoisotopic (exact) mass is 326 g/mol. The zero-order valence-electron chi connectivity index (χ0n) is 11.9. The number of hydrogen-bond acceptors (Lipinski definition) is 4. The van der Waals surface area contributed by atoms with Crippen LogP contribution in [0.3, 0.4) is 0 Å². The van der Waals surface area contributed by atoms with Crippen molar-refractivity contribution in [2.24, 2.45) is 11.8 Å². The van der Waals surface area contributed by atoms with Gasteiger partial charge in [-0.15, -0.1) is 11.6 Å². The molecule has 20 heavy (non-hydrogen) atoms. The largest absolute Gasteiger partial charge is 0.469 e. The molecule has 118 valence electrons. The smallest absolute Gasteiger partial charge is 0.305 e. The zero-order chi connectivity index (χ0) is 15.0. The van der Waals surface area contributed by atoms with Crippen molar-refractivity contribution in [3.05, 3.63) is 0 Å². The number of esters is 1. The molecule has 4 nitrogen and oxygen atoms in total. The van der Waals surface area contributed by atoms with Gasteiger partial charge in [0.15, 0.2) is 0 Å². The number of unbranched alkanes of at least 4 members (excludes halogenated alkanes) is 3. The van der Waals surface area contributed by atoms with Gasteiger partial charge in [-0.05, 0) is 25.2 Å². The predicted octanol–water partition coefficient (Wildman–Crippen LogP) is 3.36. The second kappa shape index (κ2) is 9.70. The second-order valence-electron chi connectivity index (χ2n) is 5.33. The van der Waals surface area contributed by atoms with Crippen LogP contribution in [0, 0.1) is 11.8 Å². The van der Waals surface area contributed by atoms with Crippen molar-refractivity contribution < 1.29 is 20.3 Å². The zero-order valence-corrected chi connectivity index (χ0v) is 13.8. The normalized spacial score (nSPS) is 29.4. The molecule has 1 aliphatic carbocycles. The van der Waals surface area contributed by atoms with Gasteiger partial charge in [-0.25, -0.2) is 0 Å². The van der Waals surface area contributed by atoms with Crippen molar-refractivity contribution in [3.8, 4) is 0 Å². The average molecular weight is 327 g/mol. The van der Waals surface area contributed by atoms with Crippen molar-refractivity contribution in [2.45, 2.75) is 56.4 Å². The fourth-order valence-corrected chi connectivity index (χ4v) is 3.65. The Morgan fingerprint density at radius 3 is 2.70 bits per heavy atom. The van der Waals surface area contributed by atoms with E-state index in [1.54, 1.807) is 0 Å². The van der Waals surface area contributed by atoms with Crippen LogP contribution in [-0.4, -0.2) is 30.8 Å². The highest BCUT2D eigenvalue weighted by atomic mass is 35.5. The van der Waals surface area contributed by atoms with E-state index >= 15 is 0 Å². The molecule has 0 aliphatic heterocycles. The molecule has 1 aliphatic rings. The topological polar surface area (TPSA) is 52.6 Å². The Hall–Kier alpha value is -0.180. The lowest BCUT2D eigenvalue weighted by molar-refractivity contribution is -0.140. The molecule has 0 N–H and O–H groups in total. The van der Waals surface area contributed by atoms with Crippen LogP contribution in [0.25, 0.3) is 0 Å². The first kappa shape index (κ1) is 17.9. The number of carbonyl (C=O) groups excluding carboxylic acids is 2. The molecular weight excluding hydrogens is 299 g/mol. The Morgan fingerprint density at radius 1 is 1.40 bits per heavy atom. The highest BCUT2D eigenvalue weighted by Crippen LogP contribution is 2.40. The molecule has 0 bridgehead atoms.